The summed E-state index contributed by atoms with van der Waals surface area (Å²) in [6.45, 7) is 2.75. The van der Waals surface area contributed by atoms with Gasteiger partial charge in [-0.05, 0) is 49.2 Å². The summed E-state index contributed by atoms with van der Waals surface area (Å²) in [6, 6.07) is 20.0. The molecular formula is C22H25N3O4S. The Bertz CT molecular complexity index is 1110. The van der Waals surface area contributed by atoms with Gasteiger partial charge in [-0.25, -0.2) is 17.8 Å². The highest BCUT2D eigenvalue weighted by Gasteiger charge is 2.11. The maximum absolute atomic E-state index is 12.2. The van der Waals surface area contributed by atoms with Crippen molar-refractivity contribution in [2.45, 2.75) is 19.9 Å². The number of ether oxygens (including phenoxy) is 1. The molecule has 0 amide bonds. The Morgan fingerprint density at radius 2 is 1.73 bits per heavy atom. The molecule has 1 N–H and O–H groups in total. The number of aromatic nitrogens is 2. The van der Waals surface area contributed by atoms with Gasteiger partial charge in [0.05, 0.1) is 24.6 Å². The van der Waals surface area contributed by atoms with Gasteiger partial charge in [-0.3, -0.25) is 4.79 Å². The van der Waals surface area contributed by atoms with Crippen LogP contribution in [0.4, 0.5) is 0 Å². The summed E-state index contributed by atoms with van der Waals surface area (Å²) in [5.74, 6) is 0.755. The number of sulfonamides is 1. The van der Waals surface area contributed by atoms with E-state index in [-0.39, 0.29) is 24.4 Å². The van der Waals surface area contributed by atoms with E-state index in [0.29, 0.717) is 18.7 Å². The molecule has 0 aliphatic heterocycles. The fourth-order valence-corrected chi connectivity index (χ4v) is 3.98. The van der Waals surface area contributed by atoms with Crippen molar-refractivity contribution in [3.63, 3.8) is 0 Å². The first-order valence-corrected chi connectivity index (χ1v) is 11.4. The van der Waals surface area contributed by atoms with Crippen molar-refractivity contribution in [3.8, 4) is 17.0 Å². The molecule has 0 spiro atoms. The Kier molecular flexibility index (Phi) is 7.37. The number of aryl methyl sites for hydroxylation is 1. The molecule has 0 aliphatic rings. The van der Waals surface area contributed by atoms with Crippen molar-refractivity contribution in [3.05, 3.63) is 82.6 Å². The predicted molar refractivity (Wildman–Crippen MR) is 117 cm³/mol. The smallest absolute Gasteiger partial charge is 0.266 e. The largest absolute Gasteiger partial charge is 0.494 e. The van der Waals surface area contributed by atoms with Crippen LogP contribution in [0.15, 0.2) is 71.5 Å². The molecule has 0 unspecified atom stereocenters. The minimum atomic E-state index is -3.44. The van der Waals surface area contributed by atoms with Crippen LogP contribution in [0, 0.1) is 0 Å². The van der Waals surface area contributed by atoms with Gasteiger partial charge in [-0.2, -0.15) is 5.10 Å². The number of hydrogen-bond acceptors (Lipinski definition) is 5. The van der Waals surface area contributed by atoms with E-state index in [9.17, 15) is 13.2 Å². The summed E-state index contributed by atoms with van der Waals surface area (Å²) in [4.78, 5) is 12.1. The first kappa shape index (κ1) is 21.7. The summed E-state index contributed by atoms with van der Waals surface area (Å²) in [6.07, 6.45) is 0.432. The monoisotopic (exact) mass is 427 g/mol. The number of nitrogens with one attached hydrogen (secondary N) is 1. The molecule has 3 aromatic rings. The van der Waals surface area contributed by atoms with Crippen LogP contribution in [0.3, 0.4) is 0 Å². The summed E-state index contributed by atoms with van der Waals surface area (Å²) in [7, 11) is -3.44. The maximum Gasteiger partial charge on any atom is 0.266 e. The molecule has 0 saturated heterocycles. The number of rotatable bonds is 10. The molecule has 0 fully saturated rings. The van der Waals surface area contributed by atoms with Gasteiger partial charge in [0.15, 0.2) is 0 Å². The fourth-order valence-electron chi connectivity index (χ4n) is 2.93. The van der Waals surface area contributed by atoms with E-state index in [1.165, 1.54) is 10.7 Å². The van der Waals surface area contributed by atoms with Gasteiger partial charge >= 0.3 is 0 Å². The summed E-state index contributed by atoms with van der Waals surface area (Å²) >= 11 is 0. The second-order valence-electron chi connectivity index (χ2n) is 6.69. The Labute approximate surface area is 176 Å². The van der Waals surface area contributed by atoms with Crippen LogP contribution in [0.2, 0.25) is 0 Å². The molecule has 0 bridgehead atoms. The molecule has 8 heteroatoms. The van der Waals surface area contributed by atoms with E-state index in [1.807, 2.05) is 61.5 Å². The standard InChI is InChI=1S/C22H25N3O4S/c1-2-29-20-10-8-19(9-11-20)21-12-13-22(26)25(24-21)16-15-23-30(27,28)17-14-18-6-4-3-5-7-18/h3-13,23H,2,14-17H2,1H3. The van der Waals surface area contributed by atoms with Crippen molar-refractivity contribution in [1.29, 1.82) is 0 Å². The van der Waals surface area contributed by atoms with E-state index in [4.69, 9.17) is 4.74 Å². The third kappa shape index (κ3) is 6.27. The van der Waals surface area contributed by atoms with Crippen molar-refractivity contribution in [2.24, 2.45) is 0 Å². The zero-order valence-corrected chi connectivity index (χ0v) is 17.6. The minimum Gasteiger partial charge on any atom is -0.494 e. The van der Waals surface area contributed by atoms with E-state index >= 15 is 0 Å². The lowest BCUT2D eigenvalue weighted by atomic mass is 10.1. The Morgan fingerprint density at radius 1 is 1.00 bits per heavy atom. The molecule has 2 aromatic carbocycles. The highest BCUT2D eigenvalue weighted by molar-refractivity contribution is 7.89. The topological polar surface area (TPSA) is 90.3 Å². The molecule has 0 saturated carbocycles. The van der Waals surface area contributed by atoms with Gasteiger partial charge in [0.1, 0.15) is 5.75 Å². The van der Waals surface area contributed by atoms with Crippen LogP contribution < -0.4 is 15.0 Å². The quantitative estimate of drug-likeness (QED) is 0.537. The minimum absolute atomic E-state index is 0.00837. The average Bonchev–Trinajstić information content (AvgIpc) is 2.75. The lowest BCUT2D eigenvalue weighted by Crippen LogP contribution is -2.33. The average molecular weight is 428 g/mol. The molecule has 0 atom stereocenters. The molecule has 0 aliphatic carbocycles. The lowest BCUT2D eigenvalue weighted by molar-refractivity contribution is 0.340. The second kappa shape index (κ2) is 10.2. The molecule has 30 heavy (non-hydrogen) atoms. The second-order valence-corrected chi connectivity index (χ2v) is 8.61. The summed E-state index contributed by atoms with van der Waals surface area (Å²) < 4.78 is 33.7. The third-order valence-corrected chi connectivity index (χ3v) is 5.86. The molecule has 158 valence electrons. The van der Waals surface area contributed by atoms with Crippen LogP contribution in [0.5, 0.6) is 5.75 Å². The van der Waals surface area contributed by atoms with Crippen LogP contribution in [0.1, 0.15) is 12.5 Å². The normalized spacial score (nSPS) is 11.4. The zero-order chi connectivity index (χ0) is 21.4. The van der Waals surface area contributed by atoms with E-state index in [1.54, 1.807) is 6.07 Å². The van der Waals surface area contributed by atoms with Gasteiger partial charge in [0, 0.05) is 18.2 Å². The van der Waals surface area contributed by atoms with Crippen LogP contribution in [-0.4, -0.2) is 37.1 Å². The maximum atomic E-state index is 12.2. The van der Waals surface area contributed by atoms with Crippen LogP contribution in [-0.2, 0) is 23.0 Å². The third-order valence-electron chi connectivity index (χ3n) is 4.48. The number of benzene rings is 2. The predicted octanol–water partition coefficient (Wildman–Crippen LogP) is 2.47. The fraction of sp³-hybridized carbons (Fsp3) is 0.273. The molecule has 7 nitrogen and oxygen atoms in total. The first-order chi connectivity index (χ1) is 14.5. The highest BCUT2D eigenvalue weighted by atomic mass is 32.2. The summed E-state index contributed by atoms with van der Waals surface area (Å²) in [5.41, 5.74) is 2.15. The van der Waals surface area contributed by atoms with E-state index < -0.39 is 10.0 Å². The zero-order valence-electron chi connectivity index (χ0n) is 16.8. The lowest BCUT2D eigenvalue weighted by Gasteiger charge is -2.10. The van der Waals surface area contributed by atoms with Crippen LogP contribution in [0.25, 0.3) is 11.3 Å². The molecule has 1 aromatic heterocycles. The molecule has 0 radical (unpaired) electrons. The van der Waals surface area contributed by atoms with Crippen molar-refractivity contribution >= 4 is 10.0 Å². The Balaban J connectivity index is 1.59. The van der Waals surface area contributed by atoms with Crippen molar-refractivity contribution in [2.75, 3.05) is 18.9 Å². The van der Waals surface area contributed by atoms with Gasteiger partial charge in [0.25, 0.3) is 5.56 Å². The summed E-state index contributed by atoms with van der Waals surface area (Å²) in [5, 5.41) is 4.36. The van der Waals surface area contributed by atoms with Crippen molar-refractivity contribution < 1.29 is 13.2 Å². The number of hydrogen-bond donors (Lipinski definition) is 1. The molecular weight excluding hydrogens is 402 g/mol. The van der Waals surface area contributed by atoms with Crippen LogP contribution >= 0.6 is 0 Å². The molecule has 1 heterocycles. The SMILES string of the molecule is CCOc1ccc(-c2ccc(=O)n(CCNS(=O)(=O)CCc3ccccc3)n2)cc1. The highest BCUT2D eigenvalue weighted by Crippen LogP contribution is 2.19. The number of nitrogens with zero attached hydrogens (tertiary/aromatic N) is 2. The van der Waals surface area contributed by atoms with Crippen molar-refractivity contribution in [1.82, 2.24) is 14.5 Å². The van der Waals surface area contributed by atoms with Gasteiger partial charge in [-0.1, -0.05) is 30.3 Å². The Hall–Kier alpha value is -2.97. The first-order valence-electron chi connectivity index (χ1n) is 9.79. The molecule has 3 rings (SSSR count). The van der Waals surface area contributed by atoms with Gasteiger partial charge < -0.3 is 4.74 Å². The van der Waals surface area contributed by atoms with Gasteiger partial charge in [0.2, 0.25) is 10.0 Å². The Morgan fingerprint density at radius 3 is 2.43 bits per heavy atom. The van der Waals surface area contributed by atoms with E-state index in [0.717, 1.165) is 16.9 Å². The van der Waals surface area contributed by atoms with E-state index in [2.05, 4.69) is 9.82 Å². The van der Waals surface area contributed by atoms with Gasteiger partial charge in [-0.15, -0.1) is 0 Å².